The second-order valence-corrected chi connectivity index (χ2v) is 4.91. The minimum absolute atomic E-state index is 0.474. The van der Waals surface area contributed by atoms with Gasteiger partial charge in [0.15, 0.2) is 16.1 Å². The number of ether oxygens (including phenoxy) is 2. The van der Waals surface area contributed by atoms with Gasteiger partial charge in [0.25, 0.3) is 0 Å². The van der Waals surface area contributed by atoms with Crippen LogP contribution in [0.5, 0.6) is 11.5 Å². The van der Waals surface area contributed by atoms with Crippen molar-refractivity contribution in [3.8, 4) is 11.5 Å². The lowest BCUT2D eigenvalue weighted by Crippen LogP contribution is -2.18. The molecule has 7 heteroatoms. The highest BCUT2D eigenvalue weighted by Gasteiger charge is 2.26. The van der Waals surface area contributed by atoms with Crippen LogP contribution in [-0.2, 0) is 7.05 Å². The van der Waals surface area contributed by atoms with E-state index in [9.17, 15) is 5.11 Å². The number of aryl methyl sites for hydroxylation is 1. The van der Waals surface area contributed by atoms with Gasteiger partial charge in [0.05, 0.1) is 0 Å². The van der Waals surface area contributed by atoms with Gasteiger partial charge >= 0.3 is 0 Å². The molecule has 0 spiro atoms. The van der Waals surface area contributed by atoms with Gasteiger partial charge in [0, 0.05) is 12.6 Å². The number of halogens is 1. The first-order chi connectivity index (χ1) is 9.18. The second kappa shape index (κ2) is 4.82. The first-order valence-electron chi connectivity index (χ1n) is 5.80. The second-order valence-electron chi connectivity index (χ2n) is 4.16. The summed E-state index contributed by atoms with van der Waals surface area (Å²) in [4.78, 5) is 0. The predicted octanol–water partition coefficient (Wildman–Crippen LogP) is 1.43. The van der Waals surface area contributed by atoms with E-state index in [1.54, 1.807) is 13.1 Å². The molecule has 1 aromatic carbocycles. The highest BCUT2D eigenvalue weighted by molar-refractivity contribution is 9.10. The number of hydrogen-bond acceptors (Lipinski definition) is 5. The van der Waals surface area contributed by atoms with E-state index in [0.29, 0.717) is 40.6 Å². The number of aliphatic hydroxyl groups is 1. The van der Waals surface area contributed by atoms with E-state index >= 15 is 0 Å². The van der Waals surface area contributed by atoms with Crippen LogP contribution in [0.1, 0.15) is 17.4 Å². The van der Waals surface area contributed by atoms with Crippen LogP contribution < -0.4 is 9.47 Å². The first-order valence-corrected chi connectivity index (χ1v) is 6.59. The Labute approximate surface area is 118 Å². The number of rotatable bonds is 2. The molecule has 0 amide bonds. The molecular formula is C12H12BrN3O3. The van der Waals surface area contributed by atoms with Crippen LogP contribution in [0.2, 0.25) is 0 Å². The Balaban J connectivity index is 2.07. The van der Waals surface area contributed by atoms with Gasteiger partial charge in [0.2, 0.25) is 0 Å². The van der Waals surface area contributed by atoms with E-state index in [-0.39, 0.29) is 0 Å². The number of aliphatic hydroxyl groups excluding tert-OH is 1. The van der Waals surface area contributed by atoms with Gasteiger partial charge in [-0.05, 0) is 22.0 Å². The maximum Gasteiger partial charge on any atom is 0.167 e. The third-order valence-corrected chi connectivity index (χ3v) is 3.54. The molecule has 100 valence electrons. The number of benzene rings is 1. The summed E-state index contributed by atoms with van der Waals surface area (Å²) in [7, 11) is 1.73. The third-order valence-electron chi connectivity index (χ3n) is 2.98. The zero-order chi connectivity index (χ0) is 13.4. The Morgan fingerprint density at radius 1 is 1.37 bits per heavy atom. The Hall–Kier alpha value is -1.60. The molecule has 0 fully saturated rings. The van der Waals surface area contributed by atoms with E-state index in [1.165, 1.54) is 4.68 Å². The van der Waals surface area contributed by atoms with Crippen molar-refractivity contribution in [1.29, 1.82) is 0 Å². The minimum atomic E-state index is -0.883. The summed E-state index contributed by atoms with van der Waals surface area (Å²) in [5, 5.41) is 18.3. The van der Waals surface area contributed by atoms with Gasteiger partial charge in [-0.25, -0.2) is 4.68 Å². The van der Waals surface area contributed by atoms with Crippen molar-refractivity contribution in [2.45, 2.75) is 6.10 Å². The third kappa shape index (κ3) is 2.08. The predicted molar refractivity (Wildman–Crippen MR) is 70.2 cm³/mol. The van der Waals surface area contributed by atoms with Crippen LogP contribution in [0.3, 0.4) is 0 Å². The van der Waals surface area contributed by atoms with Crippen molar-refractivity contribution in [3.63, 3.8) is 0 Å². The highest BCUT2D eigenvalue weighted by Crippen LogP contribution is 2.39. The fraction of sp³-hybridized carbons (Fsp3) is 0.333. The van der Waals surface area contributed by atoms with Crippen LogP contribution in [0.15, 0.2) is 22.8 Å². The fourth-order valence-electron chi connectivity index (χ4n) is 2.09. The van der Waals surface area contributed by atoms with E-state index in [0.717, 1.165) is 0 Å². The van der Waals surface area contributed by atoms with Crippen molar-refractivity contribution in [2.75, 3.05) is 13.2 Å². The first kappa shape index (κ1) is 12.4. The zero-order valence-electron chi connectivity index (χ0n) is 10.2. The molecule has 1 aromatic heterocycles. The summed E-state index contributed by atoms with van der Waals surface area (Å²) in [5.74, 6) is 1.23. The molecule has 3 rings (SSSR count). The molecule has 2 heterocycles. The van der Waals surface area contributed by atoms with Crippen LogP contribution in [0, 0.1) is 0 Å². The summed E-state index contributed by atoms with van der Waals surface area (Å²) in [6.07, 6.45) is -0.883. The zero-order valence-corrected chi connectivity index (χ0v) is 11.8. The van der Waals surface area contributed by atoms with Crippen LogP contribution in [-0.4, -0.2) is 33.3 Å². The number of nitrogens with zero attached hydrogens (tertiary/aromatic N) is 3. The Morgan fingerprint density at radius 2 is 2.16 bits per heavy atom. The molecule has 0 aliphatic carbocycles. The smallest absolute Gasteiger partial charge is 0.167 e. The van der Waals surface area contributed by atoms with Crippen molar-refractivity contribution in [1.82, 2.24) is 15.0 Å². The lowest BCUT2D eigenvalue weighted by molar-refractivity contribution is 0.156. The van der Waals surface area contributed by atoms with Crippen molar-refractivity contribution >= 4 is 15.9 Å². The summed E-state index contributed by atoms with van der Waals surface area (Å²) in [5.41, 5.74) is 1.21. The molecule has 2 aromatic rings. The van der Waals surface area contributed by atoms with Crippen molar-refractivity contribution < 1.29 is 14.6 Å². The average molecular weight is 326 g/mol. The topological polar surface area (TPSA) is 69.4 Å². The summed E-state index contributed by atoms with van der Waals surface area (Å²) in [6, 6.07) is 5.45. The normalized spacial score (nSPS) is 15.3. The standard InChI is InChI=1S/C12H12BrN3O3/c1-16-9(12(13)14-15-16)10(17)7-3-2-4-8-11(7)19-6-5-18-8/h2-4,10,17H,5-6H2,1H3. The van der Waals surface area contributed by atoms with E-state index in [2.05, 4.69) is 26.2 Å². The fourth-order valence-corrected chi connectivity index (χ4v) is 2.63. The van der Waals surface area contributed by atoms with E-state index in [4.69, 9.17) is 9.47 Å². The van der Waals surface area contributed by atoms with Gasteiger partial charge in [0.1, 0.15) is 25.0 Å². The Morgan fingerprint density at radius 3 is 2.89 bits per heavy atom. The van der Waals surface area contributed by atoms with Gasteiger partial charge in [-0.2, -0.15) is 0 Å². The molecule has 1 aliphatic rings. The van der Waals surface area contributed by atoms with E-state index < -0.39 is 6.10 Å². The highest BCUT2D eigenvalue weighted by atomic mass is 79.9. The number of para-hydroxylation sites is 1. The number of aromatic nitrogens is 3. The molecule has 0 radical (unpaired) electrons. The number of fused-ring (bicyclic) bond motifs is 1. The van der Waals surface area contributed by atoms with E-state index in [1.807, 2.05) is 12.1 Å². The maximum absolute atomic E-state index is 10.5. The quantitative estimate of drug-likeness (QED) is 0.904. The van der Waals surface area contributed by atoms with Crippen molar-refractivity contribution in [3.05, 3.63) is 34.1 Å². The molecule has 19 heavy (non-hydrogen) atoms. The summed E-state index contributed by atoms with van der Waals surface area (Å²) in [6.45, 7) is 0.991. The van der Waals surface area contributed by atoms with Crippen LogP contribution in [0.4, 0.5) is 0 Å². The summed E-state index contributed by atoms with van der Waals surface area (Å²) >= 11 is 3.28. The SMILES string of the molecule is Cn1nnc(Br)c1C(O)c1cccc2c1OCCO2. The molecule has 1 atom stereocenters. The molecule has 0 saturated carbocycles. The Kier molecular flexibility index (Phi) is 3.16. The lowest BCUT2D eigenvalue weighted by Gasteiger charge is -2.23. The minimum Gasteiger partial charge on any atom is -0.486 e. The molecule has 6 nitrogen and oxygen atoms in total. The number of hydrogen-bond donors (Lipinski definition) is 1. The Bertz CT molecular complexity index is 595. The lowest BCUT2D eigenvalue weighted by atomic mass is 10.0. The van der Waals surface area contributed by atoms with Crippen LogP contribution >= 0.6 is 15.9 Å². The van der Waals surface area contributed by atoms with Gasteiger partial charge in [-0.1, -0.05) is 17.3 Å². The molecule has 1 aliphatic heterocycles. The largest absolute Gasteiger partial charge is 0.486 e. The molecular weight excluding hydrogens is 314 g/mol. The average Bonchev–Trinajstić information content (AvgIpc) is 2.77. The molecule has 1 unspecified atom stereocenters. The van der Waals surface area contributed by atoms with Gasteiger partial charge < -0.3 is 14.6 Å². The molecule has 1 N–H and O–H groups in total. The van der Waals surface area contributed by atoms with Crippen molar-refractivity contribution in [2.24, 2.45) is 7.05 Å². The van der Waals surface area contributed by atoms with Crippen LogP contribution in [0.25, 0.3) is 0 Å². The maximum atomic E-state index is 10.5. The van der Waals surface area contributed by atoms with Gasteiger partial charge in [-0.3, -0.25) is 0 Å². The monoisotopic (exact) mass is 325 g/mol. The molecule has 0 saturated heterocycles. The van der Waals surface area contributed by atoms with Gasteiger partial charge in [-0.15, -0.1) is 5.10 Å². The summed E-state index contributed by atoms with van der Waals surface area (Å²) < 4.78 is 13.1. The molecule has 0 bridgehead atoms.